The average molecular weight is 404 g/mol. The number of nitrogens with one attached hydrogen (secondary N) is 2. The Kier molecular flexibility index (Phi) is 8.01. The fraction of sp³-hybridized carbons (Fsp3) is 0.571. The van der Waals surface area contributed by atoms with Crippen LogP contribution in [0.3, 0.4) is 0 Å². The van der Waals surface area contributed by atoms with Crippen LogP contribution < -0.4 is 11.1 Å². The molecule has 0 saturated carbocycles. The van der Waals surface area contributed by atoms with Crippen LogP contribution in [-0.4, -0.2) is 60.1 Å². The van der Waals surface area contributed by atoms with Crippen LogP contribution in [0.2, 0.25) is 0 Å². The molecule has 8 heteroatoms. The van der Waals surface area contributed by atoms with Crippen LogP contribution in [0.5, 0.6) is 0 Å². The van der Waals surface area contributed by atoms with Crippen LogP contribution in [0.25, 0.3) is 0 Å². The Bertz CT molecular complexity index is 710. The number of amides is 3. The standard InChI is InChI=1S/C21H31N4O4/c1-16(2)18(26)24(3)13-14-25-19(27)21(25,22)11-7-8-12-23-20(28)29-15-17-9-5-4-6-10-17/h4-6,9-10,16,22H,7-8,11-15H2,1-3H3,(H,23,28). The van der Waals surface area contributed by atoms with Gasteiger partial charge in [0.1, 0.15) is 6.61 Å². The number of carbonyl (C=O) groups is 3. The Balaban J connectivity index is 1.58. The van der Waals surface area contributed by atoms with E-state index in [1.165, 1.54) is 4.90 Å². The third-order valence-corrected chi connectivity index (χ3v) is 4.99. The molecule has 1 saturated heterocycles. The lowest BCUT2D eigenvalue weighted by Gasteiger charge is -2.20. The van der Waals surface area contributed by atoms with Crippen LogP contribution in [0.4, 0.5) is 4.79 Å². The number of hydrogen-bond donors (Lipinski definition) is 1. The molecule has 0 bridgehead atoms. The maximum absolute atomic E-state index is 12.0. The number of nitrogens with zero attached hydrogens (tertiary/aromatic N) is 2. The topological polar surface area (TPSA) is 103 Å². The molecule has 2 N–H and O–H groups in total. The first-order valence-corrected chi connectivity index (χ1v) is 10.0. The smallest absolute Gasteiger partial charge is 0.407 e. The van der Waals surface area contributed by atoms with E-state index in [-0.39, 0.29) is 24.3 Å². The number of ether oxygens (including phenoxy) is 1. The van der Waals surface area contributed by atoms with E-state index in [0.717, 1.165) is 5.56 Å². The van der Waals surface area contributed by atoms with Gasteiger partial charge in [0, 0.05) is 32.6 Å². The van der Waals surface area contributed by atoms with Crippen molar-refractivity contribution in [1.82, 2.24) is 20.9 Å². The molecule has 2 rings (SSSR count). The molecule has 1 aromatic carbocycles. The van der Waals surface area contributed by atoms with Gasteiger partial charge in [-0.2, -0.15) is 0 Å². The van der Waals surface area contributed by atoms with Gasteiger partial charge in [0.25, 0.3) is 5.91 Å². The number of carbonyl (C=O) groups excluding carboxylic acids is 3. The highest BCUT2D eigenvalue weighted by molar-refractivity contribution is 6.01. The normalized spacial score (nSPS) is 18.0. The zero-order valence-electron chi connectivity index (χ0n) is 17.4. The van der Waals surface area contributed by atoms with E-state index in [1.54, 1.807) is 11.9 Å². The predicted molar refractivity (Wildman–Crippen MR) is 108 cm³/mol. The molecule has 29 heavy (non-hydrogen) atoms. The summed E-state index contributed by atoms with van der Waals surface area (Å²) in [6.07, 6.45) is 1.24. The quantitative estimate of drug-likeness (QED) is 0.451. The third kappa shape index (κ3) is 6.45. The molecule has 1 heterocycles. The van der Waals surface area contributed by atoms with Crippen molar-refractivity contribution in [3.63, 3.8) is 0 Å². The Hall–Kier alpha value is -2.61. The number of benzene rings is 1. The Morgan fingerprint density at radius 1 is 1.24 bits per heavy atom. The van der Waals surface area contributed by atoms with Gasteiger partial charge >= 0.3 is 6.09 Å². The van der Waals surface area contributed by atoms with E-state index >= 15 is 0 Å². The fourth-order valence-corrected chi connectivity index (χ4v) is 3.11. The molecule has 1 radical (unpaired) electrons. The van der Waals surface area contributed by atoms with E-state index in [0.29, 0.717) is 38.9 Å². The molecule has 159 valence electrons. The van der Waals surface area contributed by atoms with Crippen LogP contribution in [-0.2, 0) is 20.9 Å². The molecular formula is C21H31N4O4. The lowest BCUT2D eigenvalue weighted by atomic mass is 10.1. The van der Waals surface area contributed by atoms with Crippen LogP contribution >= 0.6 is 0 Å². The molecule has 1 unspecified atom stereocenters. The van der Waals surface area contributed by atoms with E-state index < -0.39 is 11.8 Å². The van der Waals surface area contributed by atoms with Crippen LogP contribution in [0, 0.1) is 5.92 Å². The maximum atomic E-state index is 12.0. The number of hydrogen-bond acceptors (Lipinski definition) is 4. The van der Waals surface area contributed by atoms with Gasteiger partial charge in [-0.05, 0) is 24.8 Å². The molecular weight excluding hydrogens is 372 g/mol. The lowest BCUT2D eigenvalue weighted by molar-refractivity contribution is -0.133. The third-order valence-electron chi connectivity index (χ3n) is 4.99. The van der Waals surface area contributed by atoms with E-state index in [2.05, 4.69) is 5.32 Å². The zero-order valence-corrected chi connectivity index (χ0v) is 17.4. The van der Waals surface area contributed by atoms with Gasteiger partial charge < -0.3 is 19.9 Å². The highest BCUT2D eigenvalue weighted by atomic mass is 16.5. The molecule has 0 aliphatic carbocycles. The molecule has 1 aromatic rings. The van der Waals surface area contributed by atoms with Crippen LogP contribution in [0.1, 0.15) is 38.7 Å². The predicted octanol–water partition coefficient (Wildman–Crippen LogP) is 2.02. The summed E-state index contributed by atoms with van der Waals surface area (Å²) in [5, 5.41) is 2.68. The molecule has 0 spiro atoms. The van der Waals surface area contributed by atoms with Crippen molar-refractivity contribution in [1.29, 1.82) is 0 Å². The summed E-state index contributed by atoms with van der Waals surface area (Å²) >= 11 is 0. The van der Waals surface area contributed by atoms with Crippen molar-refractivity contribution in [2.75, 3.05) is 26.7 Å². The highest BCUT2D eigenvalue weighted by Gasteiger charge is 2.59. The SMILES string of the molecule is CC(C)C(=O)N(C)CCN1C(=O)C1([NH])CCCCNC(=O)OCc1ccccc1. The van der Waals surface area contributed by atoms with Gasteiger partial charge in [0.2, 0.25) is 5.91 Å². The summed E-state index contributed by atoms with van der Waals surface area (Å²) in [4.78, 5) is 38.6. The minimum atomic E-state index is -1.18. The van der Waals surface area contributed by atoms with Gasteiger partial charge in [-0.15, -0.1) is 0 Å². The number of unbranched alkanes of at least 4 members (excludes halogenated alkanes) is 1. The summed E-state index contributed by atoms with van der Waals surface area (Å²) in [6, 6.07) is 9.44. The van der Waals surface area contributed by atoms with Gasteiger partial charge in [-0.3, -0.25) is 9.59 Å². The summed E-state index contributed by atoms with van der Waals surface area (Å²) in [7, 11) is 1.71. The van der Waals surface area contributed by atoms with Crippen molar-refractivity contribution < 1.29 is 19.1 Å². The monoisotopic (exact) mass is 403 g/mol. The summed E-state index contributed by atoms with van der Waals surface area (Å²) in [5.74, 6) is -0.254. The first kappa shape index (κ1) is 22.7. The van der Waals surface area contributed by atoms with Crippen molar-refractivity contribution in [2.45, 2.75) is 45.4 Å². The molecule has 1 aliphatic heterocycles. The molecule has 3 amide bonds. The van der Waals surface area contributed by atoms with E-state index in [1.807, 2.05) is 44.2 Å². The Labute approximate surface area is 172 Å². The molecule has 1 aliphatic rings. The first-order chi connectivity index (χ1) is 13.8. The highest BCUT2D eigenvalue weighted by Crippen LogP contribution is 2.35. The summed E-state index contributed by atoms with van der Waals surface area (Å²) in [5.41, 5.74) is 8.02. The van der Waals surface area contributed by atoms with Crippen molar-refractivity contribution in [3.8, 4) is 0 Å². The molecule has 1 atom stereocenters. The molecule has 8 nitrogen and oxygen atoms in total. The molecule has 0 aromatic heterocycles. The zero-order chi connectivity index (χ0) is 21.4. The summed E-state index contributed by atoms with van der Waals surface area (Å²) in [6.45, 7) is 5.13. The van der Waals surface area contributed by atoms with E-state index in [9.17, 15) is 14.4 Å². The largest absolute Gasteiger partial charge is 0.445 e. The maximum Gasteiger partial charge on any atom is 0.407 e. The Morgan fingerprint density at radius 3 is 2.59 bits per heavy atom. The second kappa shape index (κ2) is 10.2. The van der Waals surface area contributed by atoms with Gasteiger partial charge in [0.15, 0.2) is 5.66 Å². The van der Waals surface area contributed by atoms with Crippen molar-refractivity contribution in [2.24, 2.45) is 5.92 Å². The minimum Gasteiger partial charge on any atom is -0.445 e. The number of likely N-dealkylation sites (N-methyl/N-ethyl adjacent to an activating group) is 1. The average Bonchev–Trinajstić information content (AvgIpc) is 3.23. The second-order valence-electron chi connectivity index (χ2n) is 7.68. The number of rotatable bonds is 11. The van der Waals surface area contributed by atoms with Crippen molar-refractivity contribution in [3.05, 3.63) is 35.9 Å². The second-order valence-corrected chi connectivity index (χ2v) is 7.68. The van der Waals surface area contributed by atoms with Crippen molar-refractivity contribution >= 4 is 17.9 Å². The van der Waals surface area contributed by atoms with Crippen LogP contribution in [0.15, 0.2) is 30.3 Å². The van der Waals surface area contributed by atoms with Gasteiger partial charge in [-0.25, -0.2) is 10.5 Å². The first-order valence-electron chi connectivity index (χ1n) is 10.0. The fourth-order valence-electron chi connectivity index (χ4n) is 3.11. The van der Waals surface area contributed by atoms with Gasteiger partial charge in [0.05, 0.1) is 0 Å². The lowest BCUT2D eigenvalue weighted by Crippen LogP contribution is -2.35. The minimum absolute atomic E-state index is 0.0279. The van der Waals surface area contributed by atoms with Gasteiger partial charge in [-0.1, -0.05) is 44.2 Å². The summed E-state index contributed by atoms with van der Waals surface area (Å²) < 4.78 is 5.13. The molecule has 1 fully saturated rings. The number of alkyl carbamates (subject to hydrolysis) is 1. The van der Waals surface area contributed by atoms with E-state index in [4.69, 9.17) is 10.5 Å². The Morgan fingerprint density at radius 2 is 1.93 bits per heavy atom.